The quantitative estimate of drug-likeness (QED) is 0.585. The Morgan fingerprint density at radius 2 is 2.06 bits per heavy atom. The van der Waals surface area contributed by atoms with Gasteiger partial charge in [-0.3, -0.25) is 9.78 Å². The Bertz CT molecular complexity index is 1210. The first-order valence-electron chi connectivity index (χ1n) is 11.7. The van der Waals surface area contributed by atoms with Crippen LogP contribution in [0.1, 0.15) is 48.4 Å². The van der Waals surface area contributed by atoms with Gasteiger partial charge in [-0.25, -0.2) is 4.98 Å². The van der Waals surface area contributed by atoms with Gasteiger partial charge in [0.15, 0.2) is 5.69 Å². The van der Waals surface area contributed by atoms with Gasteiger partial charge >= 0.3 is 0 Å². The maximum atomic E-state index is 13.2. The van der Waals surface area contributed by atoms with Crippen LogP contribution >= 0.6 is 0 Å². The Labute approximate surface area is 199 Å². The molecule has 1 amide bonds. The van der Waals surface area contributed by atoms with Gasteiger partial charge in [0.1, 0.15) is 17.6 Å². The molecule has 1 fully saturated rings. The zero-order valence-electron chi connectivity index (χ0n) is 19.8. The zero-order valence-corrected chi connectivity index (χ0v) is 19.8. The van der Waals surface area contributed by atoms with E-state index in [4.69, 9.17) is 9.15 Å². The molecule has 3 aromatic rings. The van der Waals surface area contributed by atoms with E-state index in [0.29, 0.717) is 11.8 Å². The molecular formula is C26H30N4O4. The van der Waals surface area contributed by atoms with Crippen molar-refractivity contribution in [3.05, 3.63) is 53.7 Å². The summed E-state index contributed by atoms with van der Waals surface area (Å²) in [6, 6.07) is 7.72. The number of hydrogen-bond donors (Lipinski definition) is 2. The minimum Gasteiger partial charge on any atom is -0.487 e. The maximum absolute atomic E-state index is 13.2. The fourth-order valence-corrected chi connectivity index (χ4v) is 4.73. The average Bonchev–Trinajstić information content (AvgIpc) is 3.42. The number of aryl methyl sites for hydroxylation is 1. The molecule has 178 valence electrons. The van der Waals surface area contributed by atoms with Crippen LogP contribution in [0.4, 0.5) is 11.4 Å². The van der Waals surface area contributed by atoms with E-state index in [1.54, 1.807) is 12.3 Å². The second-order valence-electron chi connectivity index (χ2n) is 9.81. The molecule has 0 bridgehead atoms. The third kappa shape index (κ3) is 4.50. The lowest BCUT2D eigenvalue weighted by Crippen LogP contribution is -2.35. The first kappa shape index (κ1) is 22.4. The predicted molar refractivity (Wildman–Crippen MR) is 129 cm³/mol. The molecule has 0 aliphatic carbocycles. The highest BCUT2D eigenvalue weighted by Crippen LogP contribution is 2.42. The van der Waals surface area contributed by atoms with Crippen LogP contribution in [-0.2, 0) is 6.42 Å². The van der Waals surface area contributed by atoms with Crippen molar-refractivity contribution in [2.24, 2.45) is 5.92 Å². The summed E-state index contributed by atoms with van der Waals surface area (Å²) in [6.07, 6.45) is 5.66. The third-order valence-electron chi connectivity index (χ3n) is 6.52. The van der Waals surface area contributed by atoms with Crippen LogP contribution in [0, 0.1) is 12.8 Å². The summed E-state index contributed by atoms with van der Waals surface area (Å²) >= 11 is 0. The van der Waals surface area contributed by atoms with E-state index in [-0.39, 0.29) is 23.8 Å². The van der Waals surface area contributed by atoms with E-state index < -0.39 is 0 Å². The molecule has 0 saturated carbocycles. The Balaban J connectivity index is 1.42. The van der Waals surface area contributed by atoms with E-state index in [1.165, 1.54) is 6.26 Å². The number of carbonyl (C=O) groups is 1. The van der Waals surface area contributed by atoms with E-state index in [2.05, 4.69) is 34.0 Å². The lowest BCUT2D eigenvalue weighted by molar-refractivity contribution is 0.102. The zero-order chi connectivity index (χ0) is 23.9. The molecule has 34 heavy (non-hydrogen) atoms. The number of anilines is 2. The number of benzene rings is 1. The second kappa shape index (κ2) is 8.76. The van der Waals surface area contributed by atoms with Gasteiger partial charge in [-0.05, 0) is 57.7 Å². The van der Waals surface area contributed by atoms with Gasteiger partial charge in [-0.1, -0.05) is 0 Å². The van der Waals surface area contributed by atoms with Crippen molar-refractivity contribution in [3.63, 3.8) is 0 Å². The van der Waals surface area contributed by atoms with Crippen LogP contribution in [0.15, 0.2) is 41.1 Å². The van der Waals surface area contributed by atoms with E-state index >= 15 is 0 Å². The molecular weight excluding hydrogens is 432 g/mol. The van der Waals surface area contributed by atoms with E-state index in [9.17, 15) is 9.90 Å². The largest absolute Gasteiger partial charge is 0.487 e. The monoisotopic (exact) mass is 462 g/mol. The third-order valence-corrected chi connectivity index (χ3v) is 6.52. The van der Waals surface area contributed by atoms with Crippen LogP contribution in [0.25, 0.3) is 11.5 Å². The molecule has 8 nitrogen and oxygen atoms in total. The number of amides is 1. The number of nitrogens with one attached hydrogen (secondary N) is 1. The maximum Gasteiger partial charge on any atom is 0.277 e. The molecule has 1 aromatic carbocycles. The molecule has 1 saturated heterocycles. The number of hydrogen-bond acceptors (Lipinski definition) is 7. The Kier molecular flexibility index (Phi) is 5.77. The fourth-order valence-electron chi connectivity index (χ4n) is 4.73. The summed E-state index contributed by atoms with van der Waals surface area (Å²) in [6.45, 7) is 7.86. The van der Waals surface area contributed by atoms with Crippen molar-refractivity contribution in [1.29, 1.82) is 0 Å². The van der Waals surface area contributed by atoms with Gasteiger partial charge in [0, 0.05) is 55.2 Å². The summed E-state index contributed by atoms with van der Waals surface area (Å²) < 4.78 is 11.7. The number of aliphatic hydroxyl groups is 1. The number of carbonyl (C=O) groups excluding carboxylic acids is 1. The van der Waals surface area contributed by atoms with Crippen LogP contribution in [0.5, 0.6) is 5.75 Å². The number of fused-ring (bicyclic) bond motifs is 1. The number of pyridine rings is 1. The molecule has 0 spiro atoms. The minimum atomic E-state index is -0.328. The Morgan fingerprint density at radius 3 is 2.79 bits per heavy atom. The summed E-state index contributed by atoms with van der Waals surface area (Å²) in [5.74, 6) is 1.24. The summed E-state index contributed by atoms with van der Waals surface area (Å²) in [7, 11) is 0. The van der Waals surface area contributed by atoms with Gasteiger partial charge < -0.3 is 24.5 Å². The molecule has 0 atom stereocenters. The number of ether oxygens (including phenoxy) is 1. The summed E-state index contributed by atoms with van der Waals surface area (Å²) in [5, 5.41) is 12.6. The van der Waals surface area contributed by atoms with Crippen molar-refractivity contribution in [2.45, 2.75) is 45.6 Å². The van der Waals surface area contributed by atoms with Gasteiger partial charge in [-0.2, -0.15) is 0 Å². The average molecular weight is 463 g/mol. The molecule has 2 N–H and O–H groups in total. The minimum absolute atomic E-state index is 0.213. The van der Waals surface area contributed by atoms with E-state index in [0.717, 1.165) is 66.3 Å². The van der Waals surface area contributed by atoms with Crippen LogP contribution in [0.3, 0.4) is 0 Å². The highest BCUT2D eigenvalue weighted by molar-refractivity contribution is 6.05. The predicted octanol–water partition coefficient (Wildman–Crippen LogP) is 4.22. The van der Waals surface area contributed by atoms with Crippen molar-refractivity contribution in [2.75, 3.05) is 29.9 Å². The first-order valence-corrected chi connectivity index (χ1v) is 11.7. The topological polar surface area (TPSA) is 101 Å². The smallest absolute Gasteiger partial charge is 0.277 e. The standard InChI is InChI=1S/C26H30N4O4/c1-16-10-18(4-7-27-16)25-29-21(15-33-25)24(32)28-20-11-19-13-26(2,3)34-23(19)12-22(20)30-8-5-17(14-31)6-9-30/h4,7,10-12,15,17,31H,5-6,8-9,13-14H2,1-3H3,(H,28,32). The van der Waals surface area contributed by atoms with Gasteiger partial charge in [0.05, 0.1) is 11.4 Å². The Morgan fingerprint density at radius 1 is 1.26 bits per heavy atom. The van der Waals surface area contributed by atoms with Crippen molar-refractivity contribution >= 4 is 17.3 Å². The molecule has 2 aliphatic rings. The lowest BCUT2D eigenvalue weighted by atomic mass is 9.96. The van der Waals surface area contributed by atoms with Crippen molar-refractivity contribution in [1.82, 2.24) is 9.97 Å². The van der Waals surface area contributed by atoms with Gasteiger partial charge in [0.25, 0.3) is 5.91 Å². The van der Waals surface area contributed by atoms with Crippen LogP contribution in [0.2, 0.25) is 0 Å². The number of aromatic nitrogens is 2. The SMILES string of the molecule is Cc1cc(-c2nc(C(=O)Nc3cc4c(cc3N3CCC(CO)CC3)OC(C)(C)C4)co2)ccn1. The highest BCUT2D eigenvalue weighted by atomic mass is 16.5. The normalized spacial score (nSPS) is 17.4. The molecule has 8 heteroatoms. The van der Waals surface area contributed by atoms with Crippen molar-refractivity contribution in [3.8, 4) is 17.2 Å². The molecule has 0 radical (unpaired) electrons. The second-order valence-corrected chi connectivity index (χ2v) is 9.81. The van der Waals surface area contributed by atoms with Crippen LogP contribution in [-0.4, -0.2) is 46.3 Å². The van der Waals surface area contributed by atoms with Gasteiger partial charge in [-0.15, -0.1) is 0 Å². The number of nitrogens with zero attached hydrogens (tertiary/aromatic N) is 3. The van der Waals surface area contributed by atoms with Crippen LogP contribution < -0.4 is 15.0 Å². The number of oxazole rings is 1. The molecule has 0 unspecified atom stereocenters. The molecule has 2 aliphatic heterocycles. The highest BCUT2D eigenvalue weighted by Gasteiger charge is 2.32. The van der Waals surface area contributed by atoms with Crippen molar-refractivity contribution < 1.29 is 19.1 Å². The number of rotatable bonds is 5. The van der Waals surface area contributed by atoms with Gasteiger partial charge in [0.2, 0.25) is 5.89 Å². The molecule has 2 aromatic heterocycles. The number of piperidine rings is 1. The number of aliphatic hydroxyl groups excluding tert-OH is 1. The molecule has 5 rings (SSSR count). The van der Waals surface area contributed by atoms with E-state index in [1.807, 2.05) is 25.1 Å². The fraction of sp³-hybridized carbons (Fsp3) is 0.423. The summed E-state index contributed by atoms with van der Waals surface area (Å²) in [5.41, 5.74) is 4.28. The lowest BCUT2D eigenvalue weighted by Gasteiger charge is -2.34. The first-order chi connectivity index (χ1) is 16.3. The summed E-state index contributed by atoms with van der Waals surface area (Å²) in [4.78, 5) is 24.0. The Hall–Kier alpha value is -3.39. The molecule has 4 heterocycles.